The van der Waals surface area contributed by atoms with Crippen LogP contribution in [0.5, 0.6) is 0 Å². The Labute approximate surface area is 180 Å². The van der Waals surface area contributed by atoms with E-state index in [1.165, 1.54) is 33.2 Å². The van der Waals surface area contributed by atoms with Gasteiger partial charge in [-0.05, 0) is 17.2 Å². The van der Waals surface area contributed by atoms with Gasteiger partial charge >= 0.3 is 0 Å². The smallest absolute Gasteiger partial charge is 0.241 e. The fourth-order valence-corrected chi connectivity index (χ4v) is 3.99. The molecule has 0 fully saturated rings. The molecule has 0 spiro atoms. The van der Waals surface area contributed by atoms with E-state index in [2.05, 4.69) is 140 Å². The molecule has 2 heteroatoms. The van der Waals surface area contributed by atoms with E-state index >= 15 is 0 Å². The molecule has 4 aromatic carbocycles. The van der Waals surface area contributed by atoms with Gasteiger partial charge < -0.3 is 4.90 Å². The SMILES string of the molecule is CN(C)c1ccccc1/C=C(\B(c1ccccc1)c1ccccc1)c1ccccc1. The lowest BCUT2D eigenvalue weighted by atomic mass is 9.35. The number of benzene rings is 4. The number of anilines is 1. The molecule has 4 aromatic rings. The molecular weight excluding hydrogens is 361 g/mol. The van der Waals surface area contributed by atoms with Gasteiger partial charge in [0.25, 0.3) is 0 Å². The van der Waals surface area contributed by atoms with Crippen molar-refractivity contribution in [3.05, 3.63) is 126 Å². The molecule has 0 atom stereocenters. The first-order chi connectivity index (χ1) is 14.7. The molecule has 1 nitrogen and oxygen atoms in total. The van der Waals surface area contributed by atoms with Crippen molar-refractivity contribution >= 4 is 34.9 Å². The first-order valence-electron chi connectivity index (χ1n) is 10.4. The number of rotatable bonds is 6. The highest BCUT2D eigenvalue weighted by Gasteiger charge is 2.25. The quantitative estimate of drug-likeness (QED) is 0.327. The van der Waals surface area contributed by atoms with Crippen LogP contribution < -0.4 is 15.8 Å². The van der Waals surface area contributed by atoms with Crippen molar-refractivity contribution in [2.24, 2.45) is 0 Å². The Balaban J connectivity index is 1.97. The van der Waals surface area contributed by atoms with Gasteiger partial charge in [0, 0.05) is 19.8 Å². The third-order valence-electron chi connectivity index (χ3n) is 5.41. The summed E-state index contributed by atoms with van der Waals surface area (Å²) in [6.45, 7) is 0.144. The Morgan fingerprint density at radius 2 is 1.07 bits per heavy atom. The van der Waals surface area contributed by atoms with Crippen LogP contribution in [0.25, 0.3) is 11.5 Å². The van der Waals surface area contributed by atoms with Crippen molar-refractivity contribution in [3.63, 3.8) is 0 Å². The third kappa shape index (κ3) is 4.39. The van der Waals surface area contributed by atoms with E-state index in [1.54, 1.807) is 0 Å². The molecular formula is C28H26BN. The van der Waals surface area contributed by atoms with Crippen LogP contribution in [0.15, 0.2) is 115 Å². The van der Waals surface area contributed by atoms with Crippen LogP contribution in [0.3, 0.4) is 0 Å². The second kappa shape index (κ2) is 9.32. The average Bonchev–Trinajstić information content (AvgIpc) is 2.81. The fraction of sp³-hybridized carbons (Fsp3) is 0.0714. The van der Waals surface area contributed by atoms with Crippen molar-refractivity contribution in [2.75, 3.05) is 19.0 Å². The minimum absolute atomic E-state index is 0.144. The van der Waals surface area contributed by atoms with E-state index in [4.69, 9.17) is 0 Å². The Morgan fingerprint density at radius 3 is 1.60 bits per heavy atom. The van der Waals surface area contributed by atoms with Gasteiger partial charge in [-0.25, -0.2) is 0 Å². The number of nitrogens with zero attached hydrogens (tertiary/aromatic N) is 1. The van der Waals surface area contributed by atoms with E-state index in [0.29, 0.717) is 0 Å². The molecule has 0 saturated heterocycles. The highest BCUT2D eigenvalue weighted by atomic mass is 15.1. The lowest BCUT2D eigenvalue weighted by Gasteiger charge is -2.21. The summed E-state index contributed by atoms with van der Waals surface area (Å²) in [5, 5.41) is 0. The van der Waals surface area contributed by atoms with Crippen LogP contribution in [0.2, 0.25) is 0 Å². The van der Waals surface area contributed by atoms with Gasteiger partial charge in [0.15, 0.2) is 0 Å². The van der Waals surface area contributed by atoms with Crippen molar-refractivity contribution < 1.29 is 0 Å². The summed E-state index contributed by atoms with van der Waals surface area (Å²) in [4.78, 5) is 2.18. The highest BCUT2D eigenvalue weighted by Crippen LogP contribution is 2.26. The van der Waals surface area contributed by atoms with Crippen molar-refractivity contribution in [2.45, 2.75) is 0 Å². The normalized spacial score (nSPS) is 11.2. The van der Waals surface area contributed by atoms with Gasteiger partial charge in [-0.2, -0.15) is 0 Å². The second-order valence-electron chi connectivity index (χ2n) is 7.67. The van der Waals surface area contributed by atoms with Crippen LogP contribution in [0.4, 0.5) is 5.69 Å². The number of hydrogen-bond donors (Lipinski definition) is 0. The van der Waals surface area contributed by atoms with E-state index in [1.807, 2.05) is 0 Å². The summed E-state index contributed by atoms with van der Waals surface area (Å²) in [5.74, 6) is 0. The van der Waals surface area contributed by atoms with Gasteiger partial charge in [0.2, 0.25) is 6.71 Å². The Bertz CT molecular complexity index is 1060. The van der Waals surface area contributed by atoms with Crippen LogP contribution in [-0.4, -0.2) is 20.8 Å². The standard InChI is InChI=1S/C28H26BN/c1-30(2)28-21-13-12-16-24(28)22-27(23-14-6-3-7-15-23)29(25-17-8-4-9-18-25)26-19-10-5-11-20-26/h3-22H,1-2H3/b27-22-. The number of hydrogen-bond acceptors (Lipinski definition) is 1. The lowest BCUT2D eigenvalue weighted by Crippen LogP contribution is -2.43. The molecule has 0 aliphatic carbocycles. The summed E-state index contributed by atoms with van der Waals surface area (Å²) >= 11 is 0. The largest absolute Gasteiger partial charge is 0.377 e. The predicted octanol–water partition coefficient (Wildman–Crippen LogP) is 5.14. The summed E-state index contributed by atoms with van der Waals surface area (Å²) in [7, 11) is 4.20. The monoisotopic (exact) mass is 387 g/mol. The fourth-order valence-electron chi connectivity index (χ4n) is 3.99. The molecule has 0 amide bonds. The molecule has 146 valence electrons. The average molecular weight is 387 g/mol. The third-order valence-corrected chi connectivity index (χ3v) is 5.41. The Kier molecular flexibility index (Phi) is 6.15. The molecule has 0 radical (unpaired) electrons. The van der Waals surface area contributed by atoms with Gasteiger partial charge in [0.05, 0.1) is 0 Å². The maximum Gasteiger partial charge on any atom is 0.241 e. The van der Waals surface area contributed by atoms with Gasteiger partial charge in [-0.1, -0.05) is 132 Å². The summed E-state index contributed by atoms with van der Waals surface area (Å²) in [5.41, 5.74) is 7.55. The minimum Gasteiger partial charge on any atom is -0.377 e. The van der Waals surface area contributed by atoms with Crippen LogP contribution in [0, 0.1) is 0 Å². The maximum absolute atomic E-state index is 2.36. The zero-order chi connectivity index (χ0) is 20.8. The van der Waals surface area contributed by atoms with E-state index in [-0.39, 0.29) is 6.71 Å². The summed E-state index contributed by atoms with van der Waals surface area (Å²) in [6, 6.07) is 40.9. The van der Waals surface area contributed by atoms with Crippen molar-refractivity contribution in [1.82, 2.24) is 0 Å². The van der Waals surface area contributed by atoms with Crippen molar-refractivity contribution in [3.8, 4) is 0 Å². The van der Waals surface area contributed by atoms with Crippen LogP contribution in [-0.2, 0) is 0 Å². The Hall–Kier alpha value is -3.52. The van der Waals surface area contributed by atoms with Gasteiger partial charge in [-0.3, -0.25) is 0 Å². The molecule has 4 rings (SSSR count). The molecule has 0 heterocycles. The zero-order valence-electron chi connectivity index (χ0n) is 17.6. The molecule has 0 N–H and O–H groups in total. The maximum atomic E-state index is 2.36. The molecule has 0 aliphatic rings. The van der Waals surface area contributed by atoms with Gasteiger partial charge in [0.1, 0.15) is 0 Å². The summed E-state index contributed by atoms with van der Waals surface area (Å²) < 4.78 is 0. The summed E-state index contributed by atoms with van der Waals surface area (Å²) in [6.07, 6.45) is 2.36. The van der Waals surface area contributed by atoms with E-state index in [9.17, 15) is 0 Å². The molecule has 0 bridgehead atoms. The molecule has 0 aromatic heterocycles. The zero-order valence-corrected chi connectivity index (χ0v) is 17.6. The minimum atomic E-state index is 0.144. The van der Waals surface area contributed by atoms with E-state index < -0.39 is 0 Å². The van der Waals surface area contributed by atoms with Crippen LogP contribution in [0.1, 0.15) is 11.1 Å². The van der Waals surface area contributed by atoms with Gasteiger partial charge in [-0.15, -0.1) is 0 Å². The van der Waals surface area contributed by atoms with E-state index in [0.717, 1.165) is 0 Å². The Morgan fingerprint density at radius 1 is 0.600 bits per heavy atom. The number of para-hydroxylation sites is 1. The molecule has 30 heavy (non-hydrogen) atoms. The molecule has 0 unspecified atom stereocenters. The first-order valence-corrected chi connectivity index (χ1v) is 10.4. The van der Waals surface area contributed by atoms with Crippen LogP contribution >= 0.6 is 0 Å². The second-order valence-corrected chi connectivity index (χ2v) is 7.67. The molecule has 0 aliphatic heterocycles. The highest BCUT2D eigenvalue weighted by molar-refractivity contribution is 7.00. The topological polar surface area (TPSA) is 3.24 Å². The van der Waals surface area contributed by atoms with Crippen molar-refractivity contribution in [1.29, 1.82) is 0 Å². The lowest BCUT2D eigenvalue weighted by molar-refractivity contribution is 1.13. The molecule has 0 saturated carbocycles. The first kappa shape index (κ1) is 19.8. The predicted molar refractivity (Wildman–Crippen MR) is 133 cm³/mol.